The Morgan fingerprint density at radius 3 is 2.07 bits per heavy atom. The van der Waals surface area contributed by atoms with E-state index in [1.165, 1.54) is 32.2 Å². The second-order valence-corrected chi connectivity index (χ2v) is 5.86. The summed E-state index contributed by atoms with van der Waals surface area (Å²) in [7, 11) is 0. The van der Waals surface area contributed by atoms with Crippen molar-refractivity contribution < 1.29 is 0 Å². The third-order valence-corrected chi connectivity index (χ3v) is 4.02. The molecule has 3 atom stereocenters. The van der Waals surface area contributed by atoms with Crippen molar-refractivity contribution in [1.82, 2.24) is 4.90 Å². The molecule has 1 aliphatic heterocycles. The SMILES string of the molecule is CCC1C[C@@H](C)N(CCC(C)C)[C@@H](C)C1. The molecular weight excluding hydrogens is 182 g/mol. The van der Waals surface area contributed by atoms with Crippen LogP contribution in [0.3, 0.4) is 0 Å². The van der Waals surface area contributed by atoms with Gasteiger partial charge in [0.2, 0.25) is 0 Å². The molecule has 0 spiro atoms. The molecule has 1 fully saturated rings. The van der Waals surface area contributed by atoms with E-state index in [9.17, 15) is 0 Å². The van der Waals surface area contributed by atoms with E-state index in [-0.39, 0.29) is 0 Å². The zero-order valence-corrected chi connectivity index (χ0v) is 11.3. The number of hydrogen-bond acceptors (Lipinski definition) is 1. The van der Waals surface area contributed by atoms with Crippen molar-refractivity contribution in [2.45, 2.75) is 72.4 Å². The molecule has 0 aromatic rings. The zero-order valence-electron chi connectivity index (χ0n) is 11.3. The highest BCUT2D eigenvalue weighted by Gasteiger charge is 2.29. The van der Waals surface area contributed by atoms with Crippen LogP contribution in [0.2, 0.25) is 0 Å². The van der Waals surface area contributed by atoms with Crippen LogP contribution < -0.4 is 0 Å². The normalized spacial score (nSPS) is 33.6. The van der Waals surface area contributed by atoms with Gasteiger partial charge >= 0.3 is 0 Å². The van der Waals surface area contributed by atoms with Gasteiger partial charge in [-0.05, 0) is 51.5 Å². The van der Waals surface area contributed by atoms with Crippen LogP contribution in [0.1, 0.15) is 60.3 Å². The fraction of sp³-hybridized carbons (Fsp3) is 1.00. The fourth-order valence-corrected chi connectivity index (χ4v) is 2.95. The topological polar surface area (TPSA) is 3.24 Å². The molecule has 0 aromatic carbocycles. The number of likely N-dealkylation sites (tertiary alicyclic amines) is 1. The molecule has 15 heavy (non-hydrogen) atoms. The van der Waals surface area contributed by atoms with E-state index in [2.05, 4.69) is 39.5 Å². The van der Waals surface area contributed by atoms with Crippen LogP contribution in [-0.2, 0) is 0 Å². The second-order valence-electron chi connectivity index (χ2n) is 5.86. The molecule has 1 rings (SSSR count). The summed E-state index contributed by atoms with van der Waals surface area (Å²) in [6.45, 7) is 13.1. The summed E-state index contributed by atoms with van der Waals surface area (Å²) in [4.78, 5) is 2.73. The summed E-state index contributed by atoms with van der Waals surface area (Å²) in [6, 6.07) is 1.61. The average Bonchev–Trinajstić information content (AvgIpc) is 2.15. The first-order chi connectivity index (χ1) is 7.04. The van der Waals surface area contributed by atoms with Gasteiger partial charge in [0.25, 0.3) is 0 Å². The number of piperidine rings is 1. The lowest BCUT2D eigenvalue weighted by atomic mass is 9.85. The van der Waals surface area contributed by atoms with Gasteiger partial charge < -0.3 is 0 Å². The Balaban J connectivity index is 2.43. The lowest BCUT2D eigenvalue weighted by Gasteiger charge is -2.43. The van der Waals surface area contributed by atoms with Crippen molar-refractivity contribution in [2.24, 2.45) is 11.8 Å². The van der Waals surface area contributed by atoms with E-state index in [1.54, 1.807) is 0 Å². The van der Waals surface area contributed by atoms with Gasteiger partial charge in [-0.3, -0.25) is 4.90 Å². The number of nitrogens with zero attached hydrogens (tertiary/aromatic N) is 1. The summed E-state index contributed by atoms with van der Waals surface area (Å²) in [6.07, 6.45) is 5.55. The van der Waals surface area contributed by atoms with Crippen molar-refractivity contribution in [3.63, 3.8) is 0 Å². The molecule has 1 heteroatoms. The first-order valence-corrected chi connectivity index (χ1v) is 6.80. The maximum Gasteiger partial charge on any atom is 0.00723 e. The van der Waals surface area contributed by atoms with Gasteiger partial charge in [-0.1, -0.05) is 27.2 Å². The molecule has 90 valence electrons. The Morgan fingerprint density at radius 1 is 1.13 bits per heavy atom. The van der Waals surface area contributed by atoms with Crippen LogP contribution in [0.5, 0.6) is 0 Å². The van der Waals surface area contributed by atoms with Gasteiger partial charge in [0.15, 0.2) is 0 Å². The molecule has 0 aliphatic carbocycles. The predicted molar refractivity (Wildman–Crippen MR) is 68.1 cm³/mol. The van der Waals surface area contributed by atoms with Crippen LogP contribution >= 0.6 is 0 Å². The van der Waals surface area contributed by atoms with Gasteiger partial charge in [0, 0.05) is 12.1 Å². The van der Waals surface area contributed by atoms with E-state index >= 15 is 0 Å². The van der Waals surface area contributed by atoms with Gasteiger partial charge in [-0.2, -0.15) is 0 Å². The number of hydrogen-bond donors (Lipinski definition) is 0. The molecule has 1 heterocycles. The Kier molecular flexibility index (Phi) is 5.11. The first-order valence-electron chi connectivity index (χ1n) is 6.80. The number of rotatable bonds is 4. The molecular formula is C14H29N. The van der Waals surface area contributed by atoms with Crippen LogP contribution in [0.15, 0.2) is 0 Å². The first kappa shape index (κ1) is 13.0. The highest BCUT2D eigenvalue weighted by Crippen LogP contribution is 2.29. The lowest BCUT2D eigenvalue weighted by molar-refractivity contribution is 0.0646. The molecule has 1 nitrogen and oxygen atoms in total. The van der Waals surface area contributed by atoms with Crippen LogP contribution in [0.4, 0.5) is 0 Å². The van der Waals surface area contributed by atoms with E-state index in [0.29, 0.717) is 0 Å². The maximum absolute atomic E-state index is 2.73. The Hall–Kier alpha value is -0.0400. The van der Waals surface area contributed by atoms with E-state index in [4.69, 9.17) is 0 Å². The monoisotopic (exact) mass is 211 g/mol. The smallest absolute Gasteiger partial charge is 0.00723 e. The van der Waals surface area contributed by atoms with Gasteiger partial charge in [0.05, 0.1) is 0 Å². The van der Waals surface area contributed by atoms with Crippen LogP contribution in [-0.4, -0.2) is 23.5 Å². The average molecular weight is 211 g/mol. The Morgan fingerprint density at radius 2 is 1.67 bits per heavy atom. The van der Waals surface area contributed by atoms with Crippen molar-refractivity contribution in [3.8, 4) is 0 Å². The Labute approximate surface area is 96.2 Å². The summed E-state index contributed by atoms with van der Waals surface area (Å²) in [5, 5.41) is 0. The minimum atomic E-state index is 0.803. The fourth-order valence-electron chi connectivity index (χ4n) is 2.95. The molecule has 1 saturated heterocycles. The second kappa shape index (κ2) is 5.89. The standard InChI is InChI=1S/C14H29N/c1-6-14-9-12(4)15(13(5)10-14)8-7-11(2)3/h11-14H,6-10H2,1-5H3/t12-,13+,14?. The largest absolute Gasteiger partial charge is 0.298 e. The van der Waals surface area contributed by atoms with E-state index in [0.717, 1.165) is 23.9 Å². The molecule has 0 amide bonds. The summed E-state index contributed by atoms with van der Waals surface area (Å²) >= 11 is 0. The third-order valence-electron chi connectivity index (χ3n) is 4.02. The molecule has 0 N–H and O–H groups in total. The van der Waals surface area contributed by atoms with Crippen molar-refractivity contribution in [2.75, 3.05) is 6.54 Å². The van der Waals surface area contributed by atoms with Crippen molar-refractivity contribution in [1.29, 1.82) is 0 Å². The molecule has 0 aromatic heterocycles. The van der Waals surface area contributed by atoms with Gasteiger partial charge in [0.1, 0.15) is 0 Å². The van der Waals surface area contributed by atoms with Gasteiger partial charge in [-0.15, -0.1) is 0 Å². The quantitative estimate of drug-likeness (QED) is 0.681. The molecule has 0 bridgehead atoms. The summed E-state index contributed by atoms with van der Waals surface area (Å²) in [5.41, 5.74) is 0. The van der Waals surface area contributed by atoms with E-state index < -0.39 is 0 Å². The molecule has 1 unspecified atom stereocenters. The van der Waals surface area contributed by atoms with Gasteiger partial charge in [-0.25, -0.2) is 0 Å². The molecule has 0 radical (unpaired) electrons. The third kappa shape index (κ3) is 3.79. The van der Waals surface area contributed by atoms with Crippen LogP contribution in [0.25, 0.3) is 0 Å². The predicted octanol–water partition coefficient (Wildman–Crippen LogP) is 3.93. The molecule has 0 saturated carbocycles. The summed E-state index contributed by atoms with van der Waals surface area (Å²) < 4.78 is 0. The zero-order chi connectivity index (χ0) is 11.4. The minimum absolute atomic E-state index is 0.803. The summed E-state index contributed by atoms with van der Waals surface area (Å²) in [5.74, 6) is 1.82. The minimum Gasteiger partial charge on any atom is -0.298 e. The van der Waals surface area contributed by atoms with Crippen molar-refractivity contribution >= 4 is 0 Å². The highest BCUT2D eigenvalue weighted by atomic mass is 15.2. The van der Waals surface area contributed by atoms with Crippen LogP contribution in [0, 0.1) is 11.8 Å². The van der Waals surface area contributed by atoms with E-state index in [1.807, 2.05) is 0 Å². The maximum atomic E-state index is 2.73. The van der Waals surface area contributed by atoms with Crippen molar-refractivity contribution in [3.05, 3.63) is 0 Å². The Bertz CT molecular complexity index is 164. The molecule has 1 aliphatic rings. The lowest BCUT2D eigenvalue weighted by Crippen LogP contribution is -2.47. The highest BCUT2D eigenvalue weighted by molar-refractivity contribution is 4.83.